The van der Waals surface area contributed by atoms with Gasteiger partial charge in [-0.1, -0.05) is 109 Å². The Bertz CT molecular complexity index is 2420. The standard InChI is InChI=1S/C38H23NOS/c1-2-12-24(13-3-1)39-32-21-8-6-17-31(32)38-36(39)35-28(18-11-23-34(35)41-38)25-14-4-5-15-26(25)29-19-10-20-30-27-16-7-9-22-33(27)40-37(29)30/h1-23H. The predicted octanol–water partition coefficient (Wildman–Crippen LogP) is 11.2. The van der Waals surface area contributed by atoms with Crippen molar-refractivity contribution >= 4 is 64.5 Å². The molecule has 0 atom stereocenters. The van der Waals surface area contributed by atoms with E-state index in [0.717, 1.165) is 27.5 Å². The summed E-state index contributed by atoms with van der Waals surface area (Å²) in [6, 6.07) is 49.8. The number of nitrogens with zero attached hydrogens (tertiary/aromatic N) is 1. The monoisotopic (exact) mass is 541 g/mol. The summed E-state index contributed by atoms with van der Waals surface area (Å²) in [4.78, 5) is 0. The maximum absolute atomic E-state index is 6.49. The van der Waals surface area contributed by atoms with Crippen LogP contribution in [-0.4, -0.2) is 4.57 Å². The van der Waals surface area contributed by atoms with Crippen LogP contribution in [-0.2, 0) is 0 Å². The second-order valence-corrected chi connectivity index (χ2v) is 11.5. The van der Waals surface area contributed by atoms with Crippen molar-refractivity contribution in [3.05, 3.63) is 140 Å². The van der Waals surface area contributed by atoms with Crippen LogP contribution in [0, 0.1) is 0 Å². The Morgan fingerprint density at radius 2 is 1.12 bits per heavy atom. The normalized spacial score (nSPS) is 11.9. The van der Waals surface area contributed by atoms with Crippen LogP contribution in [0.5, 0.6) is 0 Å². The first-order valence-corrected chi connectivity index (χ1v) is 14.7. The quantitative estimate of drug-likeness (QED) is 0.217. The molecule has 3 aromatic heterocycles. The molecule has 9 rings (SSSR count). The summed E-state index contributed by atoms with van der Waals surface area (Å²) < 4.78 is 11.5. The van der Waals surface area contributed by atoms with Crippen LogP contribution < -0.4 is 0 Å². The van der Waals surface area contributed by atoms with E-state index in [0.29, 0.717) is 0 Å². The maximum atomic E-state index is 6.49. The van der Waals surface area contributed by atoms with Gasteiger partial charge in [-0.2, -0.15) is 0 Å². The lowest BCUT2D eigenvalue weighted by atomic mass is 9.92. The van der Waals surface area contributed by atoms with Crippen LogP contribution in [0.2, 0.25) is 0 Å². The fourth-order valence-electron chi connectivity index (χ4n) is 6.49. The third-order valence-corrected chi connectivity index (χ3v) is 9.41. The summed E-state index contributed by atoms with van der Waals surface area (Å²) in [6.07, 6.45) is 0. The average Bonchev–Trinajstić information content (AvgIpc) is 3.70. The first kappa shape index (κ1) is 22.7. The summed E-state index contributed by atoms with van der Waals surface area (Å²) in [5, 5.41) is 4.87. The zero-order chi connectivity index (χ0) is 26.9. The second-order valence-electron chi connectivity index (χ2n) is 10.5. The lowest BCUT2D eigenvalue weighted by molar-refractivity contribution is 0.670. The molecule has 0 spiro atoms. The molecule has 3 heterocycles. The van der Waals surface area contributed by atoms with Crippen LogP contribution >= 0.6 is 11.3 Å². The number of hydrogen-bond acceptors (Lipinski definition) is 2. The molecular weight excluding hydrogens is 518 g/mol. The fraction of sp³-hybridized carbons (Fsp3) is 0. The topological polar surface area (TPSA) is 18.1 Å². The molecule has 2 nitrogen and oxygen atoms in total. The van der Waals surface area contributed by atoms with Crippen LogP contribution in [0.4, 0.5) is 0 Å². The van der Waals surface area contributed by atoms with Gasteiger partial charge in [-0.15, -0.1) is 11.3 Å². The van der Waals surface area contributed by atoms with E-state index in [2.05, 4.69) is 138 Å². The summed E-state index contributed by atoms with van der Waals surface area (Å²) in [5.74, 6) is 0. The Labute approximate surface area is 240 Å². The van der Waals surface area contributed by atoms with Crippen molar-refractivity contribution < 1.29 is 4.42 Å². The minimum atomic E-state index is 0.918. The number of furan rings is 1. The average molecular weight is 542 g/mol. The van der Waals surface area contributed by atoms with Gasteiger partial charge in [0.25, 0.3) is 0 Å². The lowest BCUT2D eigenvalue weighted by Gasteiger charge is -2.13. The fourth-order valence-corrected chi connectivity index (χ4v) is 7.74. The molecule has 192 valence electrons. The highest BCUT2D eigenvalue weighted by Gasteiger charge is 2.22. The molecule has 0 fully saturated rings. The SMILES string of the molecule is c1ccc(-n2c3ccccc3c3sc4cccc(-c5ccccc5-c5cccc6c5oc5ccccc56)c4c32)cc1. The summed E-state index contributed by atoms with van der Waals surface area (Å²) in [6.45, 7) is 0. The van der Waals surface area contributed by atoms with Gasteiger partial charge in [-0.3, -0.25) is 0 Å². The highest BCUT2D eigenvalue weighted by atomic mass is 32.1. The lowest BCUT2D eigenvalue weighted by Crippen LogP contribution is -1.94. The van der Waals surface area contributed by atoms with Gasteiger partial charge in [-0.05, 0) is 47.0 Å². The largest absolute Gasteiger partial charge is 0.455 e. The van der Waals surface area contributed by atoms with Crippen molar-refractivity contribution in [1.82, 2.24) is 4.57 Å². The Balaban J connectivity index is 1.39. The van der Waals surface area contributed by atoms with E-state index in [9.17, 15) is 0 Å². The van der Waals surface area contributed by atoms with Gasteiger partial charge < -0.3 is 8.98 Å². The molecule has 0 bridgehead atoms. The van der Waals surface area contributed by atoms with E-state index in [4.69, 9.17) is 4.42 Å². The van der Waals surface area contributed by atoms with E-state index in [1.54, 1.807) is 0 Å². The van der Waals surface area contributed by atoms with Crippen LogP contribution in [0.3, 0.4) is 0 Å². The minimum absolute atomic E-state index is 0.918. The summed E-state index contributed by atoms with van der Waals surface area (Å²) in [5.41, 5.74) is 10.2. The molecule has 0 saturated carbocycles. The number of fused-ring (bicyclic) bond motifs is 8. The third-order valence-electron chi connectivity index (χ3n) is 8.23. The molecular formula is C38H23NOS. The highest BCUT2D eigenvalue weighted by molar-refractivity contribution is 7.26. The second kappa shape index (κ2) is 8.69. The molecule has 0 amide bonds. The predicted molar refractivity (Wildman–Crippen MR) is 174 cm³/mol. The van der Waals surface area contributed by atoms with E-state index in [1.807, 2.05) is 17.4 Å². The number of benzene rings is 6. The molecule has 0 aliphatic heterocycles. The third kappa shape index (κ3) is 3.24. The first-order chi connectivity index (χ1) is 20.4. The molecule has 6 aromatic carbocycles. The van der Waals surface area contributed by atoms with Crippen molar-refractivity contribution in [1.29, 1.82) is 0 Å². The van der Waals surface area contributed by atoms with Gasteiger partial charge >= 0.3 is 0 Å². The van der Waals surface area contributed by atoms with Crippen molar-refractivity contribution in [3.63, 3.8) is 0 Å². The van der Waals surface area contributed by atoms with Crippen molar-refractivity contribution in [3.8, 4) is 27.9 Å². The van der Waals surface area contributed by atoms with Crippen LogP contribution in [0.15, 0.2) is 144 Å². The molecule has 9 aromatic rings. The molecule has 0 radical (unpaired) electrons. The van der Waals surface area contributed by atoms with E-state index in [-0.39, 0.29) is 0 Å². The van der Waals surface area contributed by atoms with Crippen molar-refractivity contribution in [2.75, 3.05) is 0 Å². The van der Waals surface area contributed by atoms with E-state index >= 15 is 0 Å². The van der Waals surface area contributed by atoms with Gasteiger partial charge in [0.2, 0.25) is 0 Å². The number of hydrogen-bond donors (Lipinski definition) is 0. The van der Waals surface area contributed by atoms with Crippen LogP contribution in [0.1, 0.15) is 0 Å². The number of thiophene rings is 1. The first-order valence-electron chi connectivity index (χ1n) is 13.9. The Hall–Kier alpha value is -5.12. The summed E-state index contributed by atoms with van der Waals surface area (Å²) >= 11 is 1.88. The maximum Gasteiger partial charge on any atom is 0.143 e. The number of rotatable bonds is 3. The smallest absolute Gasteiger partial charge is 0.143 e. The van der Waals surface area contributed by atoms with Gasteiger partial charge in [0.1, 0.15) is 11.2 Å². The van der Waals surface area contributed by atoms with Crippen molar-refractivity contribution in [2.45, 2.75) is 0 Å². The van der Waals surface area contributed by atoms with Crippen molar-refractivity contribution in [2.24, 2.45) is 0 Å². The van der Waals surface area contributed by atoms with Gasteiger partial charge in [0.15, 0.2) is 0 Å². The molecule has 41 heavy (non-hydrogen) atoms. The van der Waals surface area contributed by atoms with Gasteiger partial charge in [0.05, 0.1) is 15.7 Å². The number of para-hydroxylation sites is 4. The van der Waals surface area contributed by atoms with Gasteiger partial charge in [0, 0.05) is 37.5 Å². The molecule has 0 aliphatic carbocycles. The molecule has 0 unspecified atom stereocenters. The zero-order valence-electron chi connectivity index (χ0n) is 22.0. The molecule has 3 heteroatoms. The highest BCUT2D eigenvalue weighted by Crippen LogP contribution is 2.48. The van der Waals surface area contributed by atoms with Crippen LogP contribution in [0.25, 0.3) is 81.1 Å². The number of aromatic nitrogens is 1. The molecule has 0 aliphatic rings. The Morgan fingerprint density at radius 1 is 0.488 bits per heavy atom. The summed E-state index contributed by atoms with van der Waals surface area (Å²) in [7, 11) is 0. The Morgan fingerprint density at radius 3 is 2.00 bits per heavy atom. The van der Waals surface area contributed by atoms with E-state index in [1.165, 1.54) is 53.6 Å². The Kier molecular flexibility index (Phi) is 4.80. The minimum Gasteiger partial charge on any atom is -0.455 e. The van der Waals surface area contributed by atoms with E-state index < -0.39 is 0 Å². The zero-order valence-corrected chi connectivity index (χ0v) is 22.9. The van der Waals surface area contributed by atoms with Gasteiger partial charge in [-0.25, -0.2) is 0 Å². The molecule has 0 saturated heterocycles. The molecule has 0 N–H and O–H groups in total.